The Bertz CT molecular complexity index is 888. The molecular weight excluding hydrogens is 394 g/mol. The molecule has 0 aromatic heterocycles. The summed E-state index contributed by atoms with van der Waals surface area (Å²) in [5, 5.41) is 14.5. The lowest BCUT2D eigenvalue weighted by molar-refractivity contribution is -0.138. The van der Waals surface area contributed by atoms with Crippen molar-refractivity contribution in [2.45, 2.75) is 42.5 Å². The van der Waals surface area contributed by atoms with Gasteiger partial charge in [-0.15, -0.1) is 0 Å². The second-order valence-electron chi connectivity index (χ2n) is 6.42. The van der Waals surface area contributed by atoms with E-state index in [4.69, 9.17) is 21.5 Å². The van der Waals surface area contributed by atoms with Crippen molar-refractivity contribution in [2.75, 3.05) is 13.7 Å². The Kier molecular flexibility index (Phi) is 6.46. The maximum atomic E-state index is 12.4. The van der Waals surface area contributed by atoms with Crippen molar-refractivity contribution in [3.8, 4) is 6.07 Å². The molecule has 0 bridgehead atoms. The molecule has 2 N–H and O–H groups in total. The van der Waals surface area contributed by atoms with Crippen LogP contribution >= 0.6 is 11.6 Å². The van der Waals surface area contributed by atoms with Crippen LogP contribution in [-0.4, -0.2) is 44.4 Å². The molecule has 0 unspecified atom stereocenters. The molecule has 8 nitrogen and oxygen atoms in total. The van der Waals surface area contributed by atoms with Crippen LogP contribution in [0.15, 0.2) is 23.1 Å². The molecule has 0 aliphatic heterocycles. The van der Waals surface area contributed by atoms with Gasteiger partial charge in [-0.2, -0.15) is 5.26 Å². The Morgan fingerprint density at radius 2 is 1.96 bits per heavy atom. The lowest BCUT2D eigenvalue weighted by Gasteiger charge is -2.38. The summed E-state index contributed by atoms with van der Waals surface area (Å²) in [5.41, 5.74) is -1.11. The molecule has 0 spiro atoms. The minimum atomic E-state index is -4.02. The van der Waals surface area contributed by atoms with Crippen LogP contribution in [-0.2, 0) is 19.6 Å². The second kappa shape index (κ2) is 8.25. The summed E-state index contributed by atoms with van der Waals surface area (Å²) in [6.45, 7) is -0.589. The van der Waals surface area contributed by atoms with Gasteiger partial charge < -0.3 is 9.64 Å². The number of halogens is 1. The molecule has 27 heavy (non-hydrogen) atoms. The maximum absolute atomic E-state index is 12.4. The molecule has 2 rings (SSSR count). The smallest absolute Gasteiger partial charge is 0.340 e. The summed E-state index contributed by atoms with van der Waals surface area (Å²) in [4.78, 5) is 25.6. The molecule has 1 aliphatic rings. The number of primary sulfonamides is 1. The molecule has 0 saturated heterocycles. The van der Waals surface area contributed by atoms with Crippen LogP contribution in [0.2, 0.25) is 5.02 Å². The van der Waals surface area contributed by atoms with E-state index >= 15 is 0 Å². The minimum Gasteiger partial charge on any atom is -0.452 e. The van der Waals surface area contributed by atoms with Crippen LogP contribution in [0.4, 0.5) is 0 Å². The summed E-state index contributed by atoms with van der Waals surface area (Å²) in [6, 6.07) is 5.57. The van der Waals surface area contributed by atoms with Gasteiger partial charge in [-0.1, -0.05) is 30.9 Å². The van der Waals surface area contributed by atoms with Gasteiger partial charge in [0.1, 0.15) is 5.54 Å². The standard InChI is InChI=1S/C17H20ClN3O5S/c1-21(17(11-19)7-3-2-4-8-17)15(22)10-26-16(23)13-9-12(27(20,24)25)5-6-14(13)18/h5-6,9H,2-4,7-8,10H2,1H3,(H2,20,24,25). The van der Waals surface area contributed by atoms with Gasteiger partial charge in [0.15, 0.2) is 6.61 Å². The number of hydrogen-bond donors (Lipinski definition) is 1. The fourth-order valence-corrected chi connectivity index (χ4v) is 3.77. The molecule has 146 valence electrons. The van der Waals surface area contributed by atoms with Gasteiger partial charge in [0, 0.05) is 7.05 Å². The van der Waals surface area contributed by atoms with Crippen molar-refractivity contribution in [2.24, 2.45) is 5.14 Å². The summed E-state index contributed by atoms with van der Waals surface area (Å²) in [5.74, 6) is -1.48. The number of benzene rings is 1. The molecule has 1 amide bonds. The third-order valence-electron chi connectivity index (χ3n) is 4.72. The van der Waals surface area contributed by atoms with E-state index in [0.717, 1.165) is 31.4 Å². The van der Waals surface area contributed by atoms with E-state index < -0.39 is 34.0 Å². The first-order valence-corrected chi connectivity index (χ1v) is 10.2. The third-order valence-corrected chi connectivity index (χ3v) is 5.96. The van der Waals surface area contributed by atoms with Crippen molar-refractivity contribution in [1.29, 1.82) is 5.26 Å². The summed E-state index contributed by atoms with van der Waals surface area (Å²) in [7, 11) is -2.51. The SMILES string of the molecule is CN(C(=O)COC(=O)c1cc(S(N)(=O)=O)ccc1Cl)C1(C#N)CCCCC1. The van der Waals surface area contributed by atoms with Crippen molar-refractivity contribution < 1.29 is 22.7 Å². The number of carbonyl (C=O) groups is 2. The molecule has 0 heterocycles. The highest BCUT2D eigenvalue weighted by atomic mass is 35.5. The monoisotopic (exact) mass is 413 g/mol. The number of amides is 1. The average molecular weight is 414 g/mol. The molecule has 1 saturated carbocycles. The van der Waals surface area contributed by atoms with Gasteiger partial charge in [0.05, 0.1) is 21.6 Å². The summed E-state index contributed by atoms with van der Waals surface area (Å²) in [6.07, 6.45) is 3.85. The lowest BCUT2D eigenvalue weighted by atomic mass is 9.81. The van der Waals surface area contributed by atoms with Crippen molar-refractivity contribution in [1.82, 2.24) is 4.90 Å². The number of carbonyl (C=O) groups excluding carboxylic acids is 2. The first-order valence-electron chi connectivity index (χ1n) is 8.28. The molecule has 0 radical (unpaired) electrons. The van der Waals surface area contributed by atoms with E-state index in [1.807, 2.05) is 0 Å². The molecular formula is C17H20ClN3O5S. The molecule has 1 aliphatic carbocycles. The topological polar surface area (TPSA) is 131 Å². The highest BCUT2D eigenvalue weighted by Gasteiger charge is 2.39. The number of esters is 1. The van der Waals surface area contributed by atoms with Gasteiger partial charge in [0.2, 0.25) is 10.0 Å². The highest BCUT2D eigenvalue weighted by molar-refractivity contribution is 7.89. The minimum absolute atomic E-state index is 0.0334. The largest absolute Gasteiger partial charge is 0.452 e. The van der Waals surface area contributed by atoms with Crippen molar-refractivity contribution >= 4 is 33.5 Å². The van der Waals surface area contributed by atoms with Crippen molar-refractivity contribution in [3.05, 3.63) is 28.8 Å². The van der Waals surface area contributed by atoms with Gasteiger partial charge >= 0.3 is 5.97 Å². The molecule has 1 aromatic carbocycles. The number of likely N-dealkylation sites (N-methyl/N-ethyl adjacent to an activating group) is 1. The third kappa shape index (κ3) is 4.77. The van der Waals surface area contributed by atoms with E-state index in [9.17, 15) is 23.3 Å². The zero-order chi connectivity index (χ0) is 20.2. The zero-order valence-corrected chi connectivity index (χ0v) is 16.3. The van der Waals surface area contributed by atoms with Gasteiger partial charge in [-0.25, -0.2) is 18.4 Å². The Balaban J connectivity index is 2.09. The van der Waals surface area contributed by atoms with E-state index in [2.05, 4.69) is 6.07 Å². The molecule has 1 fully saturated rings. The van der Waals surface area contributed by atoms with Crippen LogP contribution in [0.5, 0.6) is 0 Å². The lowest BCUT2D eigenvalue weighted by Crippen LogP contribution is -2.51. The number of ether oxygens (including phenoxy) is 1. The van der Waals surface area contributed by atoms with Gasteiger partial charge in [-0.3, -0.25) is 4.79 Å². The Morgan fingerprint density at radius 3 is 2.52 bits per heavy atom. The Morgan fingerprint density at radius 1 is 1.33 bits per heavy atom. The number of nitrogens with two attached hydrogens (primary N) is 1. The average Bonchev–Trinajstić information content (AvgIpc) is 2.65. The quantitative estimate of drug-likeness (QED) is 0.732. The predicted molar refractivity (Wildman–Crippen MR) is 97.3 cm³/mol. The normalized spacial score (nSPS) is 16.2. The van der Waals surface area contributed by atoms with Crippen LogP contribution in [0, 0.1) is 11.3 Å². The maximum Gasteiger partial charge on any atom is 0.340 e. The molecule has 1 aromatic rings. The summed E-state index contributed by atoms with van der Waals surface area (Å²) < 4.78 is 27.8. The van der Waals surface area contributed by atoms with Crippen LogP contribution in [0.3, 0.4) is 0 Å². The number of hydrogen-bond acceptors (Lipinski definition) is 6. The first kappa shape index (κ1) is 21.2. The van der Waals surface area contributed by atoms with E-state index in [-0.39, 0.29) is 15.5 Å². The number of nitrogens with zero attached hydrogens (tertiary/aromatic N) is 2. The zero-order valence-electron chi connectivity index (χ0n) is 14.8. The fourth-order valence-electron chi connectivity index (χ4n) is 3.04. The van der Waals surface area contributed by atoms with E-state index in [0.29, 0.717) is 12.8 Å². The summed E-state index contributed by atoms with van der Waals surface area (Å²) >= 11 is 5.91. The van der Waals surface area contributed by atoms with Gasteiger partial charge in [-0.05, 0) is 31.0 Å². The molecule has 10 heteroatoms. The number of nitriles is 1. The van der Waals surface area contributed by atoms with Gasteiger partial charge in [0.25, 0.3) is 5.91 Å². The van der Waals surface area contributed by atoms with Crippen LogP contribution in [0.25, 0.3) is 0 Å². The van der Waals surface area contributed by atoms with E-state index in [1.54, 1.807) is 0 Å². The van der Waals surface area contributed by atoms with Crippen molar-refractivity contribution in [3.63, 3.8) is 0 Å². The van der Waals surface area contributed by atoms with E-state index in [1.165, 1.54) is 18.0 Å². The molecule has 0 atom stereocenters. The Labute approximate surface area is 162 Å². The number of rotatable bonds is 5. The second-order valence-corrected chi connectivity index (χ2v) is 8.39. The van der Waals surface area contributed by atoms with Crippen LogP contribution < -0.4 is 5.14 Å². The van der Waals surface area contributed by atoms with Crippen LogP contribution in [0.1, 0.15) is 42.5 Å². The Hall–Kier alpha value is -2.15. The highest BCUT2D eigenvalue weighted by Crippen LogP contribution is 2.32. The predicted octanol–water partition coefficient (Wildman–Crippen LogP) is 1.83. The fraction of sp³-hybridized carbons (Fsp3) is 0.471. The first-order chi connectivity index (χ1) is 12.6. The number of sulfonamides is 1.